The molecular formula is C29H38N2. The van der Waals surface area contributed by atoms with Gasteiger partial charge >= 0.3 is 0 Å². The first-order valence-corrected chi connectivity index (χ1v) is 11.7. The van der Waals surface area contributed by atoms with Crippen LogP contribution in [0.15, 0.2) is 83.3 Å². The van der Waals surface area contributed by atoms with Gasteiger partial charge in [0.05, 0.1) is 0 Å². The topological polar surface area (TPSA) is 24.1 Å². The van der Waals surface area contributed by atoms with Crippen molar-refractivity contribution in [2.75, 3.05) is 7.05 Å². The second-order valence-electron chi connectivity index (χ2n) is 8.89. The van der Waals surface area contributed by atoms with Crippen molar-refractivity contribution in [3.63, 3.8) is 0 Å². The Hall–Kier alpha value is -2.74. The summed E-state index contributed by atoms with van der Waals surface area (Å²) in [5.41, 5.74) is 9.33. The maximum absolute atomic E-state index is 3.73. The maximum Gasteiger partial charge on any atom is 0.106 e. The Bertz CT molecular complexity index is 944. The van der Waals surface area contributed by atoms with Gasteiger partial charge in [-0.05, 0) is 78.9 Å². The van der Waals surface area contributed by atoms with E-state index in [1.807, 2.05) is 7.05 Å². The van der Waals surface area contributed by atoms with Crippen molar-refractivity contribution in [1.29, 1.82) is 0 Å². The van der Waals surface area contributed by atoms with Crippen molar-refractivity contribution in [1.82, 2.24) is 10.6 Å². The molecule has 2 nitrogen and oxygen atoms in total. The Kier molecular flexibility index (Phi) is 8.17. The molecule has 1 aliphatic carbocycles. The normalized spacial score (nSPS) is 15.7. The minimum absolute atomic E-state index is 0.556. The van der Waals surface area contributed by atoms with Crippen LogP contribution in [-0.4, -0.2) is 7.05 Å². The Morgan fingerprint density at radius 3 is 2.23 bits per heavy atom. The SMILES string of the molecule is CN/C(N/C(C)=C(\C)c1ccc(C(C)C)cc1)=C(\Cc1ccccc1)C1=CCCCC1. The first-order chi connectivity index (χ1) is 15.0. The van der Waals surface area contributed by atoms with Gasteiger partial charge in [0.2, 0.25) is 0 Å². The average molecular weight is 415 g/mol. The molecule has 0 saturated carbocycles. The van der Waals surface area contributed by atoms with E-state index in [4.69, 9.17) is 0 Å². The molecule has 0 fully saturated rings. The van der Waals surface area contributed by atoms with Crippen LogP contribution >= 0.6 is 0 Å². The number of nitrogens with one attached hydrogen (secondary N) is 2. The minimum Gasteiger partial charge on any atom is -0.374 e. The molecule has 0 amide bonds. The molecule has 0 atom stereocenters. The van der Waals surface area contributed by atoms with Gasteiger partial charge in [-0.3, -0.25) is 0 Å². The summed E-state index contributed by atoms with van der Waals surface area (Å²) in [6, 6.07) is 19.8. The van der Waals surface area contributed by atoms with Crippen LogP contribution in [0.4, 0.5) is 0 Å². The van der Waals surface area contributed by atoms with E-state index < -0.39 is 0 Å². The van der Waals surface area contributed by atoms with Crippen molar-refractivity contribution >= 4 is 5.57 Å². The summed E-state index contributed by atoms with van der Waals surface area (Å²) in [5, 5.41) is 7.20. The molecule has 2 aromatic rings. The van der Waals surface area contributed by atoms with Crippen molar-refractivity contribution in [2.45, 2.75) is 65.7 Å². The first-order valence-electron chi connectivity index (χ1n) is 11.7. The lowest BCUT2D eigenvalue weighted by Gasteiger charge is -2.23. The molecule has 0 saturated heterocycles. The van der Waals surface area contributed by atoms with Crippen LogP contribution < -0.4 is 10.6 Å². The molecule has 0 aliphatic heterocycles. The molecule has 2 heteroatoms. The summed E-state index contributed by atoms with van der Waals surface area (Å²) in [5.74, 6) is 1.67. The molecule has 0 radical (unpaired) electrons. The van der Waals surface area contributed by atoms with Gasteiger partial charge in [0.15, 0.2) is 0 Å². The highest BCUT2D eigenvalue weighted by atomic mass is 15.1. The number of allylic oxidation sites excluding steroid dienone is 5. The minimum atomic E-state index is 0.556. The van der Waals surface area contributed by atoms with Crippen molar-refractivity contribution in [3.05, 3.63) is 100 Å². The molecule has 164 valence electrons. The van der Waals surface area contributed by atoms with E-state index in [2.05, 4.69) is 99.0 Å². The van der Waals surface area contributed by atoms with Crippen LogP contribution in [0.25, 0.3) is 5.57 Å². The fourth-order valence-corrected chi connectivity index (χ4v) is 4.18. The van der Waals surface area contributed by atoms with Gasteiger partial charge in [0.1, 0.15) is 5.82 Å². The predicted molar refractivity (Wildman–Crippen MR) is 135 cm³/mol. The lowest BCUT2D eigenvalue weighted by Crippen LogP contribution is -2.26. The fourth-order valence-electron chi connectivity index (χ4n) is 4.18. The lowest BCUT2D eigenvalue weighted by molar-refractivity contribution is 0.693. The van der Waals surface area contributed by atoms with Crippen LogP contribution in [0.2, 0.25) is 0 Å². The zero-order valence-corrected chi connectivity index (χ0v) is 19.9. The third kappa shape index (κ3) is 6.13. The quantitative estimate of drug-likeness (QED) is 0.473. The molecule has 0 unspecified atom stereocenters. The molecule has 1 aliphatic rings. The van der Waals surface area contributed by atoms with Gasteiger partial charge < -0.3 is 10.6 Å². The maximum atomic E-state index is 3.73. The molecule has 2 N–H and O–H groups in total. The highest BCUT2D eigenvalue weighted by molar-refractivity contribution is 5.66. The summed E-state index contributed by atoms with van der Waals surface area (Å²) in [4.78, 5) is 0. The Balaban J connectivity index is 1.93. The third-order valence-electron chi connectivity index (χ3n) is 6.34. The Morgan fingerprint density at radius 1 is 0.935 bits per heavy atom. The fraction of sp³-hybridized carbons (Fsp3) is 0.379. The lowest BCUT2D eigenvalue weighted by atomic mass is 9.89. The molecule has 0 spiro atoms. The van der Waals surface area contributed by atoms with Crippen molar-refractivity contribution in [3.8, 4) is 0 Å². The van der Waals surface area contributed by atoms with Gasteiger partial charge in [-0.1, -0.05) is 74.5 Å². The molecule has 0 heterocycles. The standard InChI is InChI=1S/C29H38N2/c1-21(2)25-16-18-26(19-17-25)22(3)23(4)31-29(30-5)28(27-14-10-7-11-15-27)20-24-12-8-6-9-13-24/h6,8-9,12-14,16-19,21,30-31H,7,10-11,15,20H2,1-5H3/b23-22+,29-28-. The molecule has 3 rings (SSSR count). The number of benzene rings is 2. The molecule has 0 aromatic heterocycles. The van der Waals surface area contributed by atoms with Crippen LogP contribution in [0.3, 0.4) is 0 Å². The number of hydrogen-bond acceptors (Lipinski definition) is 2. The predicted octanol–water partition coefficient (Wildman–Crippen LogP) is 7.32. The largest absolute Gasteiger partial charge is 0.374 e. The van der Waals surface area contributed by atoms with E-state index in [0.29, 0.717) is 5.92 Å². The highest BCUT2D eigenvalue weighted by Gasteiger charge is 2.15. The van der Waals surface area contributed by atoms with E-state index in [1.54, 1.807) is 0 Å². The average Bonchev–Trinajstić information content (AvgIpc) is 2.82. The van der Waals surface area contributed by atoms with Crippen molar-refractivity contribution in [2.24, 2.45) is 0 Å². The smallest absolute Gasteiger partial charge is 0.106 e. The van der Waals surface area contributed by atoms with Gasteiger partial charge in [0.25, 0.3) is 0 Å². The third-order valence-corrected chi connectivity index (χ3v) is 6.34. The zero-order valence-electron chi connectivity index (χ0n) is 19.9. The van der Waals surface area contributed by atoms with Crippen LogP contribution in [0, 0.1) is 0 Å². The highest BCUT2D eigenvalue weighted by Crippen LogP contribution is 2.28. The van der Waals surface area contributed by atoms with Crippen molar-refractivity contribution < 1.29 is 0 Å². The Labute approximate surface area is 189 Å². The number of rotatable bonds is 8. The Morgan fingerprint density at radius 2 is 1.65 bits per heavy atom. The van der Waals surface area contributed by atoms with Gasteiger partial charge in [-0.25, -0.2) is 0 Å². The summed E-state index contributed by atoms with van der Waals surface area (Å²) in [7, 11) is 2.02. The van der Waals surface area contributed by atoms with Crippen LogP contribution in [0.5, 0.6) is 0 Å². The monoisotopic (exact) mass is 414 g/mol. The summed E-state index contributed by atoms with van der Waals surface area (Å²) >= 11 is 0. The van der Waals surface area contributed by atoms with Crippen LogP contribution in [-0.2, 0) is 6.42 Å². The summed E-state index contributed by atoms with van der Waals surface area (Å²) in [6.07, 6.45) is 8.29. The summed E-state index contributed by atoms with van der Waals surface area (Å²) < 4.78 is 0. The second-order valence-corrected chi connectivity index (χ2v) is 8.89. The second kappa shape index (κ2) is 11.0. The number of hydrogen-bond donors (Lipinski definition) is 2. The van der Waals surface area contributed by atoms with Crippen LogP contribution in [0.1, 0.15) is 76.0 Å². The van der Waals surface area contributed by atoms with E-state index in [0.717, 1.165) is 18.7 Å². The van der Waals surface area contributed by atoms with Gasteiger partial charge in [-0.2, -0.15) is 0 Å². The molecule has 31 heavy (non-hydrogen) atoms. The summed E-state index contributed by atoms with van der Waals surface area (Å²) in [6.45, 7) is 8.86. The van der Waals surface area contributed by atoms with E-state index in [9.17, 15) is 0 Å². The zero-order chi connectivity index (χ0) is 22.2. The van der Waals surface area contributed by atoms with E-state index in [1.165, 1.54) is 58.4 Å². The molecular weight excluding hydrogens is 376 g/mol. The van der Waals surface area contributed by atoms with E-state index in [-0.39, 0.29) is 0 Å². The first kappa shape index (κ1) is 22.9. The van der Waals surface area contributed by atoms with E-state index >= 15 is 0 Å². The van der Waals surface area contributed by atoms with Gasteiger partial charge in [-0.15, -0.1) is 0 Å². The molecule has 2 aromatic carbocycles. The molecule has 0 bridgehead atoms. The van der Waals surface area contributed by atoms with Gasteiger partial charge in [0, 0.05) is 19.2 Å².